The van der Waals surface area contributed by atoms with Crippen LogP contribution in [0, 0.1) is 0 Å². The second-order valence-corrected chi connectivity index (χ2v) is 5.69. The number of aliphatic carboxylic acids is 1. The maximum absolute atomic E-state index is 11.2. The number of rotatable bonds is 6. The first-order chi connectivity index (χ1) is 9.15. The molecule has 1 rings (SSSR count). The summed E-state index contributed by atoms with van der Waals surface area (Å²) >= 11 is 0. The van der Waals surface area contributed by atoms with Crippen LogP contribution in [0.2, 0.25) is 0 Å². The topological polar surface area (TPSA) is 81.8 Å². The molecule has 0 aromatic heterocycles. The molecule has 0 radical (unpaired) electrons. The molecule has 1 aromatic rings. The Bertz CT molecular complexity index is 493. The summed E-state index contributed by atoms with van der Waals surface area (Å²) in [5.74, 6) is 0.274. The minimum atomic E-state index is -0.888. The fourth-order valence-corrected chi connectivity index (χ4v) is 2.18. The van der Waals surface area contributed by atoms with E-state index in [0.29, 0.717) is 11.5 Å². The summed E-state index contributed by atoms with van der Waals surface area (Å²) in [4.78, 5) is 11.2. The van der Waals surface area contributed by atoms with Crippen LogP contribution in [-0.4, -0.2) is 30.8 Å². The second kappa shape index (κ2) is 5.71. The van der Waals surface area contributed by atoms with Gasteiger partial charge in [-0.1, -0.05) is 13.0 Å². The Balaban J connectivity index is 3.39. The molecule has 112 valence electrons. The lowest BCUT2D eigenvalue weighted by Crippen LogP contribution is -2.53. The number of benzene rings is 1. The van der Waals surface area contributed by atoms with Crippen molar-refractivity contribution < 1.29 is 19.4 Å². The van der Waals surface area contributed by atoms with Gasteiger partial charge >= 0.3 is 5.97 Å². The van der Waals surface area contributed by atoms with Gasteiger partial charge < -0.3 is 20.3 Å². The smallest absolute Gasteiger partial charge is 0.304 e. The Hall–Kier alpha value is -1.75. The molecule has 0 bridgehead atoms. The van der Waals surface area contributed by atoms with E-state index in [1.54, 1.807) is 26.4 Å². The molecule has 1 unspecified atom stereocenters. The van der Waals surface area contributed by atoms with Gasteiger partial charge in [0, 0.05) is 11.0 Å². The predicted octanol–water partition coefficient (Wildman–Crippen LogP) is 2.17. The fourth-order valence-electron chi connectivity index (χ4n) is 2.18. The summed E-state index contributed by atoms with van der Waals surface area (Å²) < 4.78 is 10.5. The Morgan fingerprint density at radius 2 is 1.75 bits per heavy atom. The van der Waals surface area contributed by atoms with Gasteiger partial charge in [-0.25, -0.2) is 0 Å². The van der Waals surface area contributed by atoms with E-state index in [2.05, 4.69) is 0 Å². The normalized spacial score (nSPS) is 14.5. The average molecular weight is 281 g/mol. The van der Waals surface area contributed by atoms with Gasteiger partial charge in [-0.3, -0.25) is 4.79 Å². The molecular weight excluding hydrogens is 258 g/mol. The highest BCUT2D eigenvalue weighted by Crippen LogP contribution is 2.40. The molecule has 3 N–H and O–H groups in total. The third-order valence-electron chi connectivity index (χ3n) is 3.95. The van der Waals surface area contributed by atoms with Crippen LogP contribution in [0.5, 0.6) is 11.5 Å². The van der Waals surface area contributed by atoms with Crippen molar-refractivity contribution in [3.05, 3.63) is 23.8 Å². The van der Waals surface area contributed by atoms with E-state index in [1.807, 2.05) is 26.8 Å². The van der Waals surface area contributed by atoms with Crippen molar-refractivity contribution >= 4 is 5.97 Å². The van der Waals surface area contributed by atoms with Gasteiger partial charge in [0.15, 0.2) is 11.5 Å². The van der Waals surface area contributed by atoms with Gasteiger partial charge in [0.2, 0.25) is 0 Å². The van der Waals surface area contributed by atoms with Crippen molar-refractivity contribution in [2.75, 3.05) is 14.2 Å². The maximum atomic E-state index is 11.2. The van der Waals surface area contributed by atoms with Gasteiger partial charge in [0.05, 0.1) is 20.6 Å². The van der Waals surface area contributed by atoms with E-state index in [4.69, 9.17) is 15.2 Å². The van der Waals surface area contributed by atoms with Gasteiger partial charge in [-0.15, -0.1) is 0 Å². The number of methoxy groups -OCH3 is 2. The third-order valence-corrected chi connectivity index (χ3v) is 3.95. The summed E-state index contributed by atoms with van der Waals surface area (Å²) in [6.07, 6.45) is -0.0635. The van der Waals surface area contributed by atoms with Crippen molar-refractivity contribution in [1.29, 1.82) is 0 Å². The second-order valence-electron chi connectivity index (χ2n) is 5.69. The van der Waals surface area contributed by atoms with Gasteiger partial charge in [-0.2, -0.15) is 0 Å². The first-order valence-corrected chi connectivity index (χ1v) is 6.39. The molecule has 5 heteroatoms. The first kappa shape index (κ1) is 16.3. The summed E-state index contributed by atoms with van der Waals surface area (Å²) in [6, 6.07) is 5.38. The number of hydrogen-bond donors (Lipinski definition) is 2. The van der Waals surface area contributed by atoms with E-state index in [9.17, 15) is 9.90 Å². The van der Waals surface area contributed by atoms with Crippen molar-refractivity contribution in [2.24, 2.45) is 5.73 Å². The number of carboxylic acid groups (broad SMARTS) is 1. The highest BCUT2D eigenvalue weighted by atomic mass is 16.5. The van der Waals surface area contributed by atoms with Crippen LogP contribution < -0.4 is 15.2 Å². The fraction of sp³-hybridized carbons (Fsp3) is 0.533. The molecule has 0 amide bonds. The third kappa shape index (κ3) is 3.04. The van der Waals surface area contributed by atoms with Crippen LogP contribution in [0.3, 0.4) is 0 Å². The Labute approximate surface area is 119 Å². The zero-order chi connectivity index (χ0) is 15.6. The Morgan fingerprint density at radius 3 is 2.15 bits per heavy atom. The molecule has 0 spiro atoms. The first-order valence-electron chi connectivity index (χ1n) is 6.39. The molecule has 1 atom stereocenters. The molecule has 0 heterocycles. The van der Waals surface area contributed by atoms with Crippen LogP contribution in [0.25, 0.3) is 0 Å². The Kier molecular flexibility index (Phi) is 4.65. The number of carboxylic acids is 1. The van der Waals surface area contributed by atoms with E-state index in [1.165, 1.54) is 0 Å². The minimum Gasteiger partial charge on any atom is -0.493 e. The number of hydrogen-bond acceptors (Lipinski definition) is 4. The SMILES string of the molecule is COc1ccc(C(C)(CC(=O)O)C(C)(C)N)cc1OC. The standard InChI is InChI=1S/C15H23NO4/c1-14(2,16)15(3,9-13(17)18)10-6-7-11(19-4)12(8-10)20-5/h6-8H,9,16H2,1-5H3,(H,17,18). The van der Waals surface area contributed by atoms with Crippen molar-refractivity contribution in [3.8, 4) is 11.5 Å². The Morgan fingerprint density at radius 1 is 1.20 bits per heavy atom. The van der Waals surface area contributed by atoms with E-state index >= 15 is 0 Å². The van der Waals surface area contributed by atoms with Crippen LogP contribution in [0.4, 0.5) is 0 Å². The molecule has 1 aromatic carbocycles. The highest BCUT2D eigenvalue weighted by molar-refractivity contribution is 5.69. The highest BCUT2D eigenvalue weighted by Gasteiger charge is 2.42. The lowest BCUT2D eigenvalue weighted by Gasteiger charge is -2.41. The molecule has 0 aliphatic heterocycles. The van der Waals surface area contributed by atoms with E-state index in [0.717, 1.165) is 5.56 Å². The predicted molar refractivity (Wildman–Crippen MR) is 77.4 cm³/mol. The number of ether oxygens (including phenoxy) is 2. The molecule has 0 fully saturated rings. The zero-order valence-corrected chi connectivity index (χ0v) is 12.7. The summed E-state index contributed by atoms with van der Waals surface area (Å²) in [6.45, 7) is 5.50. The monoisotopic (exact) mass is 281 g/mol. The lowest BCUT2D eigenvalue weighted by atomic mass is 9.66. The number of nitrogens with two attached hydrogens (primary N) is 1. The summed E-state index contributed by atoms with van der Waals surface area (Å²) in [5.41, 5.74) is 5.60. The van der Waals surface area contributed by atoms with Crippen molar-refractivity contribution in [3.63, 3.8) is 0 Å². The summed E-state index contributed by atoms with van der Waals surface area (Å²) in [5, 5.41) is 9.19. The van der Waals surface area contributed by atoms with Gasteiger partial charge in [-0.05, 0) is 31.5 Å². The van der Waals surface area contributed by atoms with Crippen LogP contribution in [0.15, 0.2) is 18.2 Å². The molecule has 0 aliphatic carbocycles. The van der Waals surface area contributed by atoms with Crippen LogP contribution in [-0.2, 0) is 10.2 Å². The molecule has 0 aliphatic rings. The lowest BCUT2D eigenvalue weighted by molar-refractivity contribution is -0.139. The molecular formula is C15H23NO4. The molecule has 0 saturated heterocycles. The van der Waals surface area contributed by atoms with Crippen molar-refractivity contribution in [2.45, 2.75) is 38.1 Å². The quantitative estimate of drug-likeness (QED) is 0.835. The molecule has 20 heavy (non-hydrogen) atoms. The van der Waals surface area contributed by atoms with E-state index in [-0.39, 0.29) is 6.42 Å². The van der Waals surface area contributed by atoms with Gasteiger partial charge in [0.1, 0.15) is 0 Å². The van der Waals surface area contributed by atoms with Crippen molar-refractivity contribution in [1.82, 2.24) is 0 Å². The minimum absolute atomic E-state index is 0.0635. The van der Waals surface area contributed by atoms with E-state index < -0.39 is 16.9 Å². The number of carbonyl (C=O) groups is 1. The van der Waals surface area contributed by atoms with Gasteiger partial charge in [0.25, 0.3) is 0 Å². The van der Waals surface area contributed by atoms with Crippen LogP contribution >= 0.6 is 0 Å². The average Bonchev–Trinajstić information content (AvgIpc) is 2.35. The molecule has 5 nitrogen and oxygen atoms in total. The maximum Gasteiger partial charge on any atom is 0.304 e. The van der Waals surface area contributed by atoms with Crippen LogP contribution in [0.1, 0.15) is 32.8 Å². The molecule has 0 saturated carbocycles. The largest absolute Gasteiger partial charge is 0.493 e. The summed E-state index contributed by atoms with van der Waals surface area (Å²) in [7, 11) is 3.10. The zero-order valence-electron chi connectivity index (χ0n) is 12.7.